The van der Waals surface area contributed by atoms with Gasteiger partial charge in [0.05, 0.1) is 12.8 Å². The van der Waals surface area contributed by atoms with E-state index in [9.17, 15) is 0 Å². The van der Waals surface area contributed by atoms with E-state index in [1.807, 2.05) is 42.2 Å². The smallest absolute Gasteiger partial charge is 0.213 e. The van der Waals surface area contributed by atoms with Crippen molar-refractivity contribution in [3.05, 3.63) is 42.1 Å². The number of aryl methyl sites for hydroxylation is 1. The first-order valence-electron chi connectivity index (χ1n) is 5.96. The van der Waals surface area contributed by atoms with E-state index in [2.05, 4.69) is 15.3 Å². The van der Waals surface area contributed by atoms with E-state index in [0.717, 1.165) is 31.0 Å². The van der Waals surface area contributed by atoms with Crippen LogP contribution in [0.15, 0.2) is 30.6 Å². The number of rotatable bonds is 6. The van der Waals surface area contributed by atoms with E-state index in [1.54, 1.807) is 7.11 Å². The summed E-state index contributed by atoms with van der Waals surface area (Å²) in [5, 5.41) is 3.35. The van der Waals surface area contributed by atoms with E-state index in [-0.39, 0.29) is 0 Å². The monoisotopic (exact) mass is 246 g/mol. The van der Waals surface area contributed by atoms with Crippen molar-refractivity contribution < 1.29 is 4.74 Å². The molecule has 0 saturated heterocycles. The van der Waals surface area contributed by atoms with Crippen molar-refractivity contribution in [1.29, 1.82) is 0 Å². The van der Waals surface area contributed by atoms with Gasteiger partial charge in [-0.2, -0.15) is 0 Å². The molecule has 5 heteroatoms. The highest BCUT2D eigenvalue weighted by Crippen LogP contribution is 2.06. The van der Waals surface area contributed by atoms with Gasteiger partial charge >= 0.3 is 0 Å². The molecule has 0 bridgehead atoms. The summed E-state index contributed by atoms with van der Waals surface area (Å²) in [5.41, 5.74) is 0.981. The summed E-state index contributed by atoms with van der Waals surface area (Å²) in [6.07, 6.45) is 4.69. The standard InChI is InChI=1S/C13H18N4O/c1-17-9-8-15-12(17)6-7-14-10-11-4-3-5-13(16-11)18-2/h3-5,8-9,14H,6-7,10H2,1-2H3. The third kappa shape index (κ3) is 3.30. The van der Waals surface area contributed by atoms with Gasteiger partial charge in [0.15, 0.2) is 0 Å². The summed E-state index contributed by atoms with van der Waals surface area (Å²) in [7, 11) is 3.63. The maximum absolute atomic E-state index is 5.08. The van der Waals surface area contributed by atoms with Crippen LogP contribution in [0.25, 0.3) is 0 Å². The van der Waals surface area contributed by atoms with Crippen LogP contribution in [0.2, 0.25) is 0 Å². The fraction of sp³-hybridized carbons (Fsp3) is 0.385. The summed E-state index contributed by atoms with van der Waals surface area (Å²) in [6, 6.07) is 5.77. The largest absolute Gasteiger partial charge is 0.481 e. The zero-order chi connectivity index (χ0) is 12.8. The molecule has 0 saturated carbocycles. The molecule has 2 aromatic rings. The summed E-state index contributed by atoms with van der Waals surface area (Å²) >= 11 is 0. The van der Waals surface area contributed by atoms with E-state index < -0.39 is 0 Å². The number of hydrogen-bond donors (Lipinski definition) is 1. The molecule has 96 valence electrons. The number of imidazole rings is 1. The number of nitrogens with zero attached hydrogens (tertiary/aromatic N) is 3. The van der Waals surface area contributed by atoms with Crippen LogP contribution in [-0.2, 0) is 20.0 Å². The zero-order valence-corrected chi connectivity index (χ0v) is 10.8. The molecule has 2 rings (SSSR count). The van der Waals surface area contributed by atoms with Gasteiger partial charge in [-0.25, -0.2) is 9.97 Å². The van der Waals surface area contributed by atoms with Crippen LogP contribution in [-0.4, -0.2) is 28.2 Å². The van der Waals surface area contributed by atoms with Crippen molar-refractivity contribution in [3.63, 3.8) is 0 Å². The van der Waals surface area contributed by atoms with Crippen LogP contribution in [0.4, 0.5) is 0 Å². The van der Waals surface area contributed by atoms with Crippen LogP contribution < -0.4 is 10.1 Å². The first kappa shape index (κ1) is 12.6. The van der Waals surface area contributed by atoms with Crippen LogP contribution in [0, 0.1) is 0 Å². The second kappa shape index (κ2) is 6.16. The summed E-state index contributed by atoms with van der Waals surface area (Å²) in [6.45, 7) is 1.62. The molecule has 0 atom stereocenters. The minimum absolute atomic E-state index is 0.651. The zero-order valence-electron chi connectivity index (χ0n) is 10.8. The van der Waals surface area contributed by atoms with Gasteiger partial charge in [-0.05, 0) is 6.07 Å². The molecule has 2 aromatic heterocycles. The second-order valence-electron chi connectivity index (χ2n) is 4.05. The van der Waals surface area contributed by atoms with E-state index in [1.165, 1.54) is 0 Å². The van der Waals surface area contributed by atoms with Crippen LogP contribution >= 0.6 is 0 Å². The third-order valence-corrected chi connectivity index (χ3v) is 2.74. The summed E-state index contributed by atoms with van der Waals surface area (Å²) in [4.78, 5) is 8.61. The Balaban J connectivity index is 1.76. The normalized spacial score (nSPS) is 10.6. The lowest BCUT2D eigenvalue weighted by molar-refractivity contribution is 0.395. The molecule has 0 aromatic carbocycles. The van der Waals surface area contributed by atoms with Crippen LogP contribution in [0.1, 0.15) is 11.5 Å². The average molecular weight is 246 g/mol. The van der Waals surface area contributed by atoms with Gasteiger partial charge in [0.2, 0.25) is 5.88 Å². The highest BCUT2D eigenvalue weighted by molar-refractivity contribution is 5.15. The fourth-order valence-corrected chi connectivity index (χ4v) is 1.72. The van der Waals surface area contributed by atoms with Gasteiger partial charge in [-0.15, -0.1) is 0 Å². The van der Waals surface area contributed by atoms with E-state index in [4.69, 9.17) is 4.74 Å². The Labute approximate surface area is 107 Å². The number of pyridine rings is 1. The molecule has 0 aliphatic heterocycles. The molecular formula is C13H18N4O. The Morgan fingerprint density at radius 2 is 2.28 bits per heavy atom. The van der Waals surface area contributed by atoms with E-state index >= 15 is 0 Å². The number of nitrogens with one attached hydrogen (secondary N) is 1. The Morgan fingerprint density at radius 3 is 3.00 bits per heavy atom. The van der Waals surface area contributed by atoms with Crippen LogP contribution in [0.3, 0.4) is 0 Å². The lowest BCUT2D eigenvalue weighted by Gasteiger charge is -2.06. The van der Waals surface area contributed by atoms with Gasteiger partial charge in [-0.3, -0.25) is 0 Å². The minimum atomic E-state index is 0.651. The molecule has 2 heterocycles. The van der Waals surface area contributed by atoms with Crippen molar-refractivity contribution in [2.45, 2.75) is 13.0 Å². The molecule has 1 N–H and O–H groups in total. The molecular weight excluding hydrogens is 228 g/mol. The van der Waals surface area contributed by atoms with Crippen molar-refractivity contribution in [3.8, 4) is 5.88 Å². The van der Waals surface area contributed by atoms with Crippen molar-refractivity contribution in [2.24, 2.45) is 7.05 Å². The highest BCUT2D eigenvalue weighted by atomic mass is 16.5. The minimum Gasteiger partial charge on any atom is -0.481 e. The predicted octanol–water partition coefficient (Wildman–Crippen LogP) is 1.16. The maximum atomic E-state index is 5.08. The fourth-order valence-electron chi connectivity index (χ4n) is 1.72. The summed E-state index contributed by atoms with van der Waals surface area (Å²) in [5.74, 6) is 1.74. The van der Waals surface area contributed by atoms with Crippen molar-refractivity contribution in [2.75, 3.05) is 13.7 Å². The van der Waals surface area contributed by atoms with Crippen molar-refractivity contribution in [1.82, 2.24) is 19.9 Å². The molecule has 0 aliphatic carbocycles. The Hall–Kier alpha value is -1.88. The number of aromatic nitrogens is 3. The molecule has 5 nitrogen and oxygen atoms in total. The lowest BCUT2D eigenvalue weighted by Crippen LogP contribution is -2.18. The molecule has 0 radical (unpaired) electrons. The Kier molecular flexibility index (Phi) is 4.30. The first-order valence-corrected chi connectivity index (χ1v) is 5.96. The number of ether oxygens (including phenoxy) is 1. The maximum Gasteiger partial charge on any atom is 0.213 e. The van der Waals surface area contributed by atoms with E-state index in [0.29, 0.717) is 5.88 Å². The molecule has 0 fully saturated rings. The van der Waals surface area contributed by atoms with Gasteiger partial charge in [0, 0.05) is 45.0 Å². The molecule has 0 aliphatic rings. The molecule has 18 heavy (non-hydrogen) atoms. The lowest BCUT2D eigenvalue weighted by atomic mass is 10.3. The van der Waals surface area contributed by atoms with Gasteiger partial charge < -0.3 is 14.6 Å². The topological polar surface area (TPSA) is 52.0 Å². The molecule has 0 unspecified atom stereocenters. The predicted molar refractivity (Wildman–Crippen MR) is 69.4 cm³/mol. The second-order valence-corrected chi connectivity index (χ2v) is 4.05. The molecule has 0 amide bonds. The number of hydrogen-bond acceptors (Lipinski definition) is 4. The van der Waals surface area contributed by atoms with Gasteiger partial charge in [0.1, 0.15) is 5.82 Å². The quantitative estimate of drug-likeness (QED) is 0.777. The summed E-state index contributed by atoms with van der Waals surface area (Å²) < 4.78 is 7.12. The third-order valence-electron chi connectivity index (χ3n) is 2.74. The number of methoxy groups -OCH3 is 1. The SMILES string of the molecule is COc1cccc(CNCCc2nccn2C)n1. The van der Waals surface area contributed by atoms with Crippen molar-refractivity contribution >= 4 is 0 Å². The Morgan fingerprint density at radius 1 is 1.39 bits per heavy atom. The average Bonchev–Trinajstić information content (AvgIpc) is 2.81. The first-order chi connectivity index (χ1) is 8.79. The molecule has 0 spiro atoms. The Bertz CT molecular complexity index is 495. The van der Waals surface area contributed by atoms with Crippen LogP contribution in [0.5, 0.6) is 5.88 Å². The van der Waals surface area contributed by atoms with Gasteiger partial charge in [-0.1, -0.05) is 6.07 Å². The van der Waals surface area contributed by atoms with Gasteiger partial charge in [0.25, 0.3) is 0 Å². The highest BCUT2D eigenvalue weighted by Gasteiger charge is 2.00.